The van der Waals surface area contributed by atoms with E-state index >= 15 is 0 Å². The van der Waals surface area contributed by atoms with Crippen LogP contribution in [0.25, 0.3) is 0 Å². The molecule has 0 spiro atoms. The lowest BCUT2D eigenvalue weighted by Gasteiger charge is -2.38. The number of carbonyl (C=O) groups is 1. The van der Waals surface area contributed by atoms with Crippen molar-refractivity contribution in [2.75, 3.05) is 0 Å². The van der Waals surface area contributed by atoms with Gasteiger partial charge in [-0.1, -0.05) is 6.07 Å². The lowest BCUT2D eigenvalue weighted by molar-refractivity contribution is 0.00760. The maximum Gasteiger partial charge on any atom is 0.411 e. The van der Waals surface area contributed by atoms with Gasteiger partial charge in [-0.05, 0) is 61.7 Å². The highest BCUT2D eigenvalue weighted by Gasteiger charge is 2.32. The van der Waals surface area contributed by atoms with Crippen LogP contribution in [-0.2, 0) is 24.2 Å². The Labute approximate surface area is 153 Å². The second-order valence-corrected chi connectivity index (χ2v) is 7.52. The quantitative estimate of drug-likeness (QED) is 0.884. The Hall–Kier alpha value is -2.60. The molecule has 1 aromatic carbocycles. The number of hydrogen-bond acceptors (Lipinski definition) is 5. The third-order valence-corrected chi connectivity index (χ3v) is 4.24. The van der Waals surface area contributed by atoms with Crippen molar-refractivity contribution in [1.82, 2.24) is 15.2 Å². The van der Waals surface area contributed by atoms with Gasteiger partial charge < -0.3 is 9.84 Å². The number of carbonyl (C=O) groups excluding carboxylic acids is 1. The molecule has 2 heterocycles. The van der Waals surface area contributed by atoms with Gasteiger partial charge >= 0.3 is 6.09 Å². The average Bonchev–Trinajstić information content (AvgIpc) is 2.58. The molecule has 1 atom stereocenters. The molecule has 1 amide bonds. The van der Waals surface area contributed by atoms with Crippen molar-refractivity contribution in [2.45, 2.75) is 52.0 Å². The zero-order valence-corrected chi connectivity index (χ0v) is 15.4. The number of phenols is 1. The van der Waals surface area contributed by atoms with Crippen molar-refractivity contribution in [1.29, 1.82) is 0 Å². The summed E-state index contributed by atoms with van der Waals surface area (Å²) in [5.41, 5.74) is 2.60. The third-order valence-electron chi connectivity index (χ3n) is 4.24. The second-order valence-electron chi connectivity index (χ2n) is 7.52. The predicted molar refractivity (Wildman–Crippen MR) is 98.5 cm³/mol. The van der Waals surface area contributed by atoms with Gasteiger partial charge in [-0.3, -0.25) is 15.2 Å². The Bertz CT molecular complexity index is 772. The monoisotopic (exact) mass is 355 g/mol. The number of pyridine rings is 1. The Morgan fingerprint density at radius 2 is 2.00 bits per heavy atom. The summed E-state index contributed by atoms with van der Waals surface area (Å²) in [6, 6.07) is 9.20. The first-order valence-corrected chi connectivity index (χ1v) is 8.74. The Kier molecular flexibility index (Phi) is 5.13. The van der Waals surface area contributed by atoms with E-state index in [-0.39, 0.29) is 18.0 Å². The Morgan fingerprint density at radius 1 is 1.27 bits per heavy atom. The maximum absolute atomic E-state index is 12.7. The van der Waals surface area contributed by atoms with Crippen LogP contribution in [-0.4, -0.2) is 32.9 Å². The fourth-order valence-electron chi connectivity index (χ4n) is 3.00. The van der Waals surface area contributed by atoms with E-state index in [1.54, 1.807) is 29.4 Å². The van der Waals surface area contributed by atoms with E-state index in [1.165, 1.54) is 0 Å². The molecule has 26 heavy (non-hydrogen) atoms. The number of fused-ring (bicyclic) bond motifs is 1. The highest BCUT2D eigenvalue weighted by atomic mass is 16.6. The van der Waals surface area contributed by atoms with Crippen LogP contribution < -0.4 is 5.32 Å². The summed E-state index contributed by atoms with van der Waals surface area (Å²) in [6.45, 7) is 6.59. The zero-order chi connectivity index (χ0) is 18.7. The van der Waals surface area contributed by atoms with Gasteiger partial charge in [-0.15, -0.1) is 0 Å². The number of ether oxygens (including phenoxy) is 1. The standard InChI is InChI=1S/C20H25N3O3/c1-20(2,3)26-19(25)23-13-16-10-17(24)5-4-15(16)11-18(23)22-12-14-6-8-21-9-7-14/h4-10,18,22,24H,11-13H2,1-3H3/t18-/m1/s1. The first-order valence-electron chi connectivity index (χ1n) is 8.74. The van der Waals surface area contributed by atoms with Crippen molar-refractivity contribution < 1.29 is 14.6 Å². The molecular formula is C20H25N3O3. The predicted octanol–water partition coefficient (Wildman–Crippen LogP) is 3.20. The zero-order valence-electron chi connectivity index (χ0n) is 15.4. The van der Waals surface area contributed by atoms with Gasteiger partial charge in [0.2, 0.25) is 0 Å². The largest absolute Gasteiger partial charge is 0.508 e. The van der Waals surface area contributed by atoms with E-state index < -0.39 is 5.60 Å². The van der Waals surface area contributed by atoms with Crippen molar-refractivity contribution in [2.24, 2.45) is 0 Å². The molecule has 1 aromatic heterocycles. The van der Waals surface area contributed by atoms with E-state index in [0.717, 1.165) is 16.7 Å². The third kappa shape index (κ3) is 4.52. The fourth-order valence-corrected chi connectivity index (χ4v) is 3.00. The highest BCUT2D eigenvalue weighted by Crippen LogP contribution is 2.27. The van der Waals surface area contributed by atoms with E-state index in [2.05, 4.69) is 10.3 Å². The second kappa shape index (κ2) is 7.33. The molecule has 1 aliphatic rings. The summed E-state index contributed by atoms with van der Waals surface area (Å²) in [4.78, 5) is 18.4. The molecule has 2 N–H and O–H groups in total. The van der Waals surface area contributed by atoms with Crippen molar-refractivity contribution in [3.05, 3.63) is 59.4 Å². The molecule has 0 unspecified atom stereocenters. The summed E-state index contributed by atoms with van der Waals surface area (Å²) >= 11 is 0. The van der Waals surface area contributed by atoms with Crippen LogP contribution in [0.2, 0.25) is 0 Å². The van der Waals surface area contributed by atoms with Crippen LogP contribution in [0.15, 0.2) is 42.7 Å². The van der Waals surface area contributed by atoms with Gasteiger partial charge in [0.1, 0.15) is 11.4 Å². The molecule has 2 aromatic rings. The van der Waals surface area contributed by atoms with Crippen molar-refractivity contribution >= 4 is 6.09 Å². The van der Waals surface area contributed by atoms with Gasteiger partial charge in [0.05, 0.1) is 12.7 Å². The van der Waals surface area contributed by atoms with Crippen LogP contribution >= 0.6 is 0 Å². The minimum atomic E-state index is -0.564. The molecule has 0 saturated carbocycles. The smallest absolute Gasteiger partial charge is 0.411 e. The lowest BCUT2D eigenvalue weighted by atomic mass is 9.97. The number of aromatic hydroxyl groups is 1. The SMILES string of the molecule is CC(C)(C)OC(=O)N1Cc2cc(O)ccc2C[C@@H]1NCc1ccncc1. The van der Waals surface area contributed by atoms with E-state index in [9.17, 15) is 9.90 Å². The van der Waals surface area contributed by atoms with Crippen LogP contribution in [0.1, 0.15) is 37.5 Å². The van der Waals surface area contributed by atoms with Gasteiger partial charge in [0, 0.05) is 25.4 Å². The van der Waals surface area contributed by atoms with Crippen LogP contribution in [0.3, 0.4) is 0 Å². The van der Waals surface area contributed by atoms with Gasteiger partial charge in [0.25, 0.3) is 0 Å². The molecule has 3 rings (SSSR count). The number of benzene rings is 1. The number of hydrogen-bond donors (Lipinski definition) is 2. The summed E-state index contributed by atoms with van der Waals surface area (Å²) in [5, 5.41) is 13.2. The average molecular weight is 355 g/mol. The van der Waals surface area contributed by atoms with Crippen LogP contribution in [0.4, 0.5) is 4.79 Å². The molecule has 0 fully saturated rings. The molecule has 0 radical (unpaired) electrons. The van der Waals surface area contributed by atoms with E-state index in [0.29, 0.717) is 19.5 Å². The van der Waals surface area contributed by atoms with Gasteiger partial charge in [-0.2, -0.15) is 0 Å². The summed E-state index contributed by atoms with van der Waals surface area (Å²) in [6.07, 6.45) is 3.61. The minimum Gasteiger partial charge on any atom is -0.508 e. The molecule has 0 saturated heterocycles. The summed E-state index contributed by atoms with van der Waals surface area (Å²) < 4.78 is 5.58. The first-order chi connectivity index (χ1) is 12.3. The number of nitrogens with zero attached hydrogens (tertiary/aromatic N) is 2. The van der Waals surface area contributed by atoms with Gasteiger partial charge in [-0.25, -0.2) is 4.79 Å². The van der Waals surface area contributed by atoms with Gasteiger partial charge in [0.15, 0.2) is 0 Å². The van der Waals surface area contributed by atoms with Crippen molar-refractivity contribution in [3.63, 3.8) is 0 Å². The molecule has 0 bridgehead atoms. The lowest BCUT2D eigenvalue weighted by Crippen LogP contribution is -2.53. The molecular weight excluding hydrogens is 330 g/mol. The van der Waals surface area contributed by atoms with Crippen LogP contribution in [0.5, 0.6) is 5.75 Å². The fraction of sp³-hybridized carbons (Fsp3) is 0.400. The maximum atomic E-state index is 12.7. The van der Waals surface area contributed by atoms with E-state index in [1.807, 2.05) is 39.0 Å². The molecule has 138 valence electrons. The normalized spacial score (nSPS) is 16.9. The van der Waals surface area contributed by atoms with E-state index in [4.69, 9.17) is 4.74 Å². The minimum absolute atomic E-state index is 0.185. The molecule has 6 heteroatoms. The molecule has 1 aliphatic heterocycles. The Morgan fingerprint density at radius 3 is 2.69 bits per heavy atom. The number of amides is 1. The highest BCUT2D eigenvalue weighted by molar-refractivity contribution is 5.69. The number of aromatic nitrogens is 1. The molecule has 6 nitrogen and oxygen atoms in total. The van der Waals surface area contributed by atoms with Crippen molar-refractivity contribution in [3.8, 4) is 5.75 Å². The topological polar surface area (TPSA) is 74.7 Å². The summed E-state index contributed by atoms with van der Waals surface area (Å²) in [7, 11) is 0. The number of nitrogens with one attached hydrogen (secondary N) is 1. The Balaban J connectivity index is 1.80. The number of phenolic OH excluding ortho intramolecular Hbond substituents is 1. The first kappa shape index (κ1) is 18.2. The summed E-state index contributed by atoms with van der Waals surface area (Å²) in [5.74, 6) is 0.205. The number of rotatable bonds is 3. The molecule has 0 aliphatic carbocycles. The van der Waals surface area contributed by atoms with Crippen LogP contribution in [0, 0.1) is 0 Å².